The van der Waals surface area contributed by atoms with Crippen LogP contribution in [0.25, 0.3) is 0 Å². The van der Waals surface area contributed by atoms with Crippen molar-refractivity contribution in [3.63, 3.8) is 0 Å². The zero-order chi connectivity index (χ0) is 13.9. The summed E-state index contributed by atoms with van der Waals surface area (Å²) in [6.45, 7) is 0. The van der Waals surface area contributed by atoms with Gasteiger partial charge in [-0.3, -0.25) is 0 Å². The quantitative estimate of drug-likeness (QED) is 0.927. The summed E-state index contributed by atoms with van der Waals surface area (Å²) in [5, 5.41) is 9.40. The Morgan fingerprint density at radius 3 is 2.58 bits per heavy atom. The molecule has 0 radical (unpaired) electrons. The number of nitriles is 1. The fourth-order valence-electron chi connectivity index (χ4n) is 2.22. The molecule has 2 rings (SSSR count). The van der Waals surface area contributed by atoms with E-state index in [-0.39, 0.29) is 10.3 Å². The summed E-state index contributed by atoms with van der Waals surface area (Å²) in [7, 11) is -3.46. The highest BCUT2D eigenvalue weighted by Gasteiger charge is 2.26. The molecular weight excluding hydrogens is 300 g/mol. The lowest BCUT2D eigenvalue weighted by Gasteiger charge is -2.27. The van der Waals surface area contributed by atoms with E-state index in [4.69, 9.17) is 5.26 Å². The van der Waals surface area contributed by atoms with Crippen LogP contribution in [0, 0.1) is 11.3 Å². The summed E-state index contributed by atoms with van der Waals surface area (Å²) in [6.07, 6.45) is 6.00. The van der Waals surface area contributed by atoms with Crippen molar-refractivity contribution in [3.05, 3.63) is 17.0 Å². The predicted molar refractivity (Wildman–Crippen MR) is 78.9 cm³/mol. The molecule has 0 spiro atoms. The van der Waals surface area contributed by atoms with Gasteiger partial charge < -0.3 is 0 Å². The van der Waals surface area contributed by atoms with Crippen LogP contribution in [0.15, 0.2) is 16.3 Å². The molecule has 1 N–H and O–H groups in total. The standard InChI is InChI=1S/C12H16N2O2S3/c1-17-10-4-2-9(3-5-10)14-19(15,16)12-7-6-11(8-13)18-12/h6-7,9-10,14H,2-5H2,1H3. The van der Waals surface area contributed by atoms with Gasteiger partial charge in [-0.1, -0.05) is 0 Å². The van der Waals surface area contributed by atoms with Gasteiger partial charge in [0.2, 0.25) is 10.0 Å². The Hall–Kier alpha value is -0.550. The molecule has 1 aromatic heterocycles. The highest BCUT2D eigenvalue weighted by molar-refractivity contribution is 7.99. The maximum Gasteiger partial charge on any atom is 0.250 e. The van der Waals surface area contributed by atoms with E-state index in [1.165, 1.54) is 6.07 Å². The first-order valence-electron chi connectivity index (χ1n) is 6.10. The van der Waals surface area contributed by atoms with Gasteiger partial charge in [0.15, 0.2) is 0 Å². The summed E-state index contributed by atoms with van der Waals surface area (Å²) >= 11 is 2.88. The van der Waals surface area contributed by atoms with E-state index in [0.717, 1.165) is 37.0 Å². The summed E-state index contributed by atoms with van der Waals surface area (Å²) in [5.41, 5.74) is 0. The Balaban J connectivity index is 2.00. The summed E-state index contributed by atoms with van der Waals surface area (Å²) in [5.74, 6) is 0. The lowest BCUT2D eigenvalue weighted by Crippen LogP contribution is -2.37. The number of thioether (sulfide) groups is 1. The van der Waals surface area contributed by atoms with Crippen molar-refractivity contribution < 1.29 is 8.42 Å². The Morgan fingerprint density at radius 2 is 2.05 bits per heavy atom. The third-order valence-electron chi connectivity index (χ3n) is 3.29. The van der Waals surface area contributed by atoms with Crippen molar-refractivity contribution in [1.29, 1.82) is 5.26 Å². The molecule has 1 aromatic rings. The molecule has 1 heterocycles. The van der Waals surface area contributed by atoms with Gasteiger partial charge in [0, 0.05) is 11.3 Å². The molecule has 1 fully saturated rings. The van der Waals surface area contributed by atoms with Crippen molar-refractivity contribution in [2.45, 2.75) is 41.2 Å². The van der Waals surface area contributed by atoms with Gasteiger partial charge in [0.1, 0.15) is 15.2 Å². The number of hydrogen-bond donors (Lipinski definition) is 1. The normalized spacial score (nSPS) is 24.0. The van der Waals surface area contributed by atoms with Gasteiger partial charge >= 0.3 is 0 Å². The molecule has 1 aliphatic rings. The third-order valence-corrected chi connectivity index (χ3v) is 7.43. The minimum atomic E-state index is -3.46. The second kappa shape index (κ2) is 6.27. The van der Waals surface area contributed by atoms with Crippen molar-refractivity contribution in [1.82, 2.24) is 4.72 Å². The molecule has 0 unspecified atom stereocenters. The highest BCUT2D eigenvalue weighted by atomic mass is 32.2. The van der Waals surface area contributed by atoms with Crippen molar-refractivity contribution >= 4 is 33.1 Å². The minimum absolute atomic E-state index is 0.0287. The predicted octanol–water partition coefficient (Wildman–Crippen LogP) is 2.57. The smallest absolute Gasteiger partial charge is 0.207 e. The lowest BCUT2D eigenvalue weighted by atomic mass is 9.96. The van der Waals surface area contributed by atoms with Crippen LogP contribution < -0.4 is 4.72 Å². The van der Waals surface area contributed by atoms with Crippen LogP contribution in [0.2, 0.25) is 0 Å². The molecule has 0 aromatic carbocycles. The SMILES string of the molecule is CSC1CCC(NS(=O)(=O)c2ccc(C#N)s2)CC1. The van der Waals surface area contributed by atoms with Gasteiger partial charge in [0.25, 0.3) is 0 Å². The summed E-state index contributed by atoms with van der Waals surface area (Å²) in [4.78, 5) is 0.423. The molecule has 1 saturated carbocycles. The molecule has 0 amide bonds. The number of rotatable bonds is 4. The lowest BCUT2D eigenvalue weighted by molar-refractivity contribution is 0.420. The summed E-state index contributed by atoms with van der Waals surface area (Å²) in [6, 6.07) is 5.03. The molecule has 0 bridgehead atoms. The van der Waals surface area contributed by atoms with Crippen molar-refractivity contribution in [3.8, 4) is 6.07 Å². The van der Waals surface area contributed by atoms with Gasteiger partial charge in [-0.25, -0.2) is 13.1 Å². The maximum atomic E-state index is 12.2. The Bertz CT molecular complexity index is 566. The van der Waals surface area contributed by atoms with E-state index in [9.17, 15) is 8.42 Å². The van der Waals surface area contributed by atoms with Crippen molar-refractivity contribution in [2.75, 3.05) is 6.26 Å². The number of nitrogens with zero attached hydrogens (tertiary/aromatic N) is 1. The zero-order valence-corrected chi connectivity index (χ0v) is 13.1. The van der Waals surface area contributed by atoms with Crippen LogP contribution in [-0.2, 0) is 10.0 Å². The zero-order valence-electron chi connectivity index (χ0n) is 10.6. The summed E-state index contributed by atoms with van der Waals surface area (Å²) < 4.78 is 27.3. The van der Waals surface area contributed by atoms with Crippen LogP contribution in [0.5, 0.6) is 0 Å². The molecule has 0 atom stereocenters. The Kier molecular flexibility index (Phi) is 4.90. The molecule has 1 aliphatic carbocycles. The van der Waals surface area contributed by atoms with Gasteiger partial charge in [-0.05, 0) is 44.1 Å². The first kappa shape index (κ1) is 14.9. The number of sulfonamides is 1. The molecule has 0 aliphatic heterocycles. The van der Waals surface area contributed by atoms with E-state index in [1.807, 2.05) is 17.8 Å². The molecule has 4 nitrogen and oxygen atoms in total. The molecular formula is C12H16N2O2S3. The Labute approximate surface area is 122 Å². The number of thiophene rings is 1. The average Bonchev–Trinajstić information content (AvgIpc) is 2.89. The highest BCUT2D eigenvalue weighted by Crippen LogP contribution is 2.28. The Morgan fingerprint density at radius 1 is 1.37 bits per heavy atom. The van der Waals surface area contributed by atoms with Crippen LogP contribution in [0.3, 0.4) is 0 Å². The molecule has 19 heavy (non-hydrogen) atoms. The fraction of sp³-hybridized carbons (Fsp3) is 0.583. The van der Waals surface area contributed by atoms with Crippen LogP contribution in [0.4, 0.5) is 0 Å². The largest absolute Gasteiger partial charge is 0.250 e. The van der Waals surface area contributed by atoms with Crippen LogP contribution in [-0.4, -0.2) is 26.0 Å². The fourth-order valence-corrected chi connectivity index (χ4v) is 5.39. The van der Waals surface area contributed by atoms with E-state index in [2.05, 4.69) is 11.0 Å². The molecule has 104 valence electrons. The number of nitrogens with one attached hydrogen (secondary N) is 1. The first-order chi connectivity index (χ1) is 9.05. The third kappa shape index (κ3) is 3.72. The molecule has 7 heteroatoms. The van der Waals surface area contributed by atoms with E-state index >= 15 is 0 Å². The van der Waals surface area contributed by atoms with Crippen LogP contribution in [0.1, 0.15) is 30.6 Å². The second-order valence-corrected chi connectivity index (χ2v) is 8.72. The number of hydrogen-bond acceptors (Lipinski definition) is 5. The van der Waals surface area contributed by atoms with Gasteiger partial charge in [-0.2, -0.15) is 17.0 Å². The average molecular weight is 316 g/mol. The molecule has 0 saturated heterocycles. The van der Waals surface area contributed by atoms with Gasteiger partial charge in [-0.15, -0.1) is 11.3 Å². The van der Waals surface area contributed by atoms with Crippen LogP contribution >= 0.6 is 23.1 Å². The van der Waals surface area contributed by atoms with E-state index < -0.39 is 10.0 Å². The maximum absolute atomic E-state index is 12.2. The minimum Gasteiger partial charge on any atom is -0.207 e. The van der Waals surface area contributed by atoms with E-state index in [1.54, 1.807) is 6.07 Å². The van der Waals surface area contributed by atoms with E-state index in [0.29, 0.717) is 10.1 Å². The monoisotopic (exact) mass is 316 g/mol. The van der Waals surface area contributed by atoms with Crippen molar-refractivity contribution in [2.24, 2.45) is 0 Å². The second-order valence-electron chi connectivity index (χ2n) is 4.56. The van der Waals surface area contributed by atoms with Gasteiger partial charge in [0.05, 0.1) is 0 Å². The first-order valence-corrected chi connectivity index (χ1v) is 9.69. The topological polar surface area (TPSA) is 70.0 Å².